The van der Waals surface area contributed by atoms with Gasteiger partial charge in [0.25, 0.3) is 5.69 Å². The molecule has 4 nitrogen and oxygen atoms in total. The van der Waals surface area contributed by atoms with E-state index < -0.39 is 10.7 Å². The first-order valence-corrected chi connectivity index (χ1v) is 6.81. The molecule has 1 aliphatic rings. The van der Waals surface area contributed by atoms with Crippen LogP contribution in [0.4, 0.5) is 15.8 Å². The van der Waals surface area contributed by atoms with Crippen molar-refractivity contribution in [1.82, 2.24) is 0 Å². The molecule has 108 valence electrons. The standard InChI is InChI=1S/C15H19FN2O2/c1-10-5-11(2)7-12(6-10)9-17-14-8-13(16)3-4-15(14)18(19)20/h3-5,8,10,12,17H,6-7,9H2,1-2H3. The predicted octanol–water partition coefficient (Wildman–Crippen LogP) is 4.14. The van der Waals surface area contributed by atoms with Gasteiger partial charge in [-0.05, 0) is 37.7 Å². The summed E-state index contributed by atoms with van der Waals surface area (Å²) in [7, 11) is 0. The summed E-state index contributed by atoms with van der Waals surface area (Å²) in [5.41, 5.74) is 1.53. The molecule has 0 aliphatic heterocycles. The monoisotopic (exact) mass is 278 g/mol. The molecule has 5 heteroatoms. The van der Waals surface area contributed by atoms with Crippen LogP contribution in [0.3, 0.4) is 0 Å². The van der Waals surface area contributed by atoms with Crippen LogP contribution in [-0.2, 0) is 0 Å². The molecule has 0 bridgehead atoms. The quantitative estimate of drug-likeness (QED) is 0.511. The number of nitro groups is 1. The average molecular weight is 278 g/mol. The molecule has 1 aliphatic carbocycles. The van der Waals surface area contributed by atoms with Crippen LogP contribution in [-0.4, -0.2) is 11.5 Å². The summed E-state index contributed by atoms with van der Waals surface area (Å²) >= 11 is 0. The Morgan fingerprint density at radius 2 is 2.25 bits per heavy atom. The van der Waals surface area contributed by atoms with Crippen molar-refractivity contribution in [3.8, 4) is 0 Å². The highest BCUT2D eigenvalue weighted by molar-refractivity contribution is 5.61. The lowest BCUT2D eigenvalue weighted by Gasteiger charge is -2.25. The molecule has 0 fully saturated rings. The number of nitrogens with one attached hydrogen (secondary N) is 1. The molecule has 2 rings (SSSR count). The second kappa shape index (κ2) is 6.03. The molecule has 2 atom stereocenters. The fourth-order valence-electron chi connectivity index (χ4n) is 2.91. The number of nitrogens with zero attached hydrogens (tertiary/aromatic N) is 1. The summed E-state index contributed by atoms with van der Waals surface area (Å²) in [5, 5.41) is 14.0. The van der Waals surface area contributed by atoms with E-state index in [9.17, 15) is 14.5 Å². The van der Waals surface area contributed by atoms with Gasteiger partial charge in [-0.2, -0.15) is 0 Å². The van der Waals surface area contributed by atoms with Gasteiger partial charge in [-0.15, -0.1) is 0 Å². The predicted molar refractivity (Wildman–Crippen MR) is 77.2 cm³/mol. The van der Waals surface area contributed by atoms with Crippen molar-refractivity contribution in [1.29, 1.82) is 0 Å². The summed E-state index contributed by atoms with van der Waals surface area (Å²) in [5.74, 6) is 0.488. The molecule has 0 radical (unpaired) electrons. The Balaban J connectivity index is 2.06. The Kier molecular flexibility index (Phi) is 4.37. The van der Waals surface area contributed by atoms with E-state index in [0.717, 1.165) is 18.9 Å². The molecule has 1 N–H and O–H groups in total. The van der Waals surface area contributed by atoms with Crippen LogP contribution in [0, 0.1) is 27.8 Å². The molecule has 20 heavy (non-hydrogen) atoms. The van der Waals surface area contributed by atoms with E-state index in [1.165, 1.54) is 17.7 Å². The first kappa shape index (κ1) is 14.5. The lowest BCUT2D eigenvalue weighted by molar-refractivity contribution is -0.384. The molecule has 0 spiro atoms. The van der Waals surface area contributed by atoms with Crippen LogP contribution in [0.5, 0.6) is 0 Å². The number of anilines is 1. The van der Waals surface area contributed by atoms with Crippen LogP contribution < -0.4 is 5.32 Å². The van der Waals surface area contributed by atoms with Crippen molar-refractivity contribution in [2.24, 2.45) is 11.8 Å². The summed E-state index contributed by atoms with van der Waals surface area (Å²) in [6, 6.07) is 3.50. The molecule has 2 unspecified atom stereocenters. The van der Waals surface area contributed by atoms with Gasteiger partial charge in [0.05, 0.1) is 4.92 Å². The summed E-state index contributed by atoms with van der Waals surface area (Å²) in [4.78, 5) is 10.4. The lowest BCUT2D eigenvalue weighted by atomic mass is 9.84. The van der Waals surface area contributed by atoms with Crippen LogP contribution in [0.2, 0.25) is 0 Å². The molecule has 0 heterocycles. The fourth-order valence-corrected chi connectivity index (χ4v) is 2.91. The molecule has 0 amide bonds. The minimum Gasteiger partial charge on any atom is -0.379 e. The van der Waals surface area contributed by atoms with Crippen molar-refractivity contribution in [3.05, 3.63) is 45.8 Å². The second-order valence-corrected chi connectivity index (χ2v) is 5.60. The van der Waals surface area contributed by atoms with Crippen molar-refractivity contribution < 1.29 is 9.31 Å². The minimum atomic E-state index is -0.490. The summed E-state index contributed by atoms with van der Waals surface area (Å²) in [6.45, 7) is 4.90. The molecule has 0 saturated carbocycles. The van der Waals surface area contributed by atoms with E-state index in [-0.39, 0.29) is 11.4 Å². The number of allylic oxidation sites excluding steroid dienone is 2. The highest BCUT2D eigenvalue weighted by Gasteiger charge is 2.20. The molecule has 1 aromatic rings. The topological polar surface area (TPSA) is 55.2 Å². The SMILES string of the molecule is CC1=CC(C)CC(CNc2cc(F)ccc2[N+](=O)[O-])C1. The van der Waals surface area contributed by atoms with Crippen LogP contribution in [0.1, 0.15) is 26.7 Å². The number of hydrogen-bond acceptors (Lipinski definition) is 3. The Labute approximate surface area is 117 Å². The smallest absolute Gasteiger partial charge is 0.292 e. The molecular formula is C15H19FN2O2. The molecular weight excluding hydrogens is 259 g/mol. The van der Waals surface area contributed by atoms with Crippen molar-refractivity contribution in [2.75, 3.05) is 11.9 Å². The number of rotatable bonds is 4. The van der Waals surface area contributed by atoms with E-state index in [2.05, 4.69) is 25.2 Å². The van der Waals surface area contributed by atoms with Crippen molar-refractivity contribution >= 4 is 11.4 Å². The Hall–Kier alpha value is -1.91. The number of benzene rings is 1. The highest BCUT2D eigenvalue weighted by atomic mass is 19.1. The number of halogens is 1. The maximum Gasteiger partial charge on any atom is 0.292 e. The zero-order valence-electron chi connectivity index (χ0n) is 11.7. The van der Waals surface area contributed by atoms with Gasteiger partial charge < -0.3 is 5.32 Å². The van der Waals surface area contributed by atoms with Gasteiger partial charge in [0.1, 0.15) is 11.5 Å². The highest BCUT2D eigenvalue weighted by Crippen LogP contribution is 2.30. The van der Waals surface area contributed by atoms with Gasteiger partial charge in [-0.25, -0.2) is 4.39 Å². The zero-order valence-corrected chi connectivity index (χ0v) is 11.7. The maximum atomic E-state index is 13.2. The van der Waals surface area contributed by atoms with E-state index >= 15 is 0 Å². The fraction of sp³-hybridized carbons (Fsp3) is 0.467. The van der Waals surface area contributed by atoms with Gasteiger partial charge in [-0.1, -0.05) is 18.6 Å². The van der Waals surface area contributed by atoms with Gasteiger partial charge >= 0.3 is 0 Å². The van der Waals surface area contributed by atoms with E-state index in [1.54, 1.807) is 0 Å². The Morgan fingerprint density at radius 1 is 1.50 bits per heavy atom. The Morgan fingerprint density at radius 3 is 2.90 bits per heavy atom. The molecule has 1 aromatic carbocycles. The average Bonchev–Trinajstić information content (AvgIpc) is 2.35. The van der Waals surface area contributed by atoms with Gasteiger partial charge in [0.2, 0.25) is 0 Å². The van der Waals surface area contributed by atoms with Crippen LogP contribution >= 0.6 is 0 Å². The second-order valence-electron chi connectivity index (χ2n) is 5.60. The first-order valence-electron chi connectivity index (χ1n) is 6.81. The van der Waals surface area contributed by atoms with E-state index in [0.29, 0.717) is 18.4 Å². The van der Waals surface area contributed by atoms with Crippen LogP contribution in [0.15, 0.2) is 29.8 Å². The van der Waals surface area contributed by atoms with Gasteiger partial charge in [0.15, 0.2) is 0 Å². The van der Waals surface area contributed by atoms with E-state index in [4.69, 9.17) is 0 Å². The number of hydrogen-bond donors (Lipinski definition) is 1. The lowest BCUT2D eigenvalue weighted by Crippen LogP contribution is -2.20. The van der Waals surface area contributed by atoms with E-state index in [1.807, 2.05) is 0 Å². The third kappa shape index (κ3) is 3.56. The Bertz CT molecular complexity index is 543. The van der Waals surface area contributed by atoms with Gasteiger partial charge in [-0.3, -0.25) is 10.1 Å². The number of nitro benzene ring substituents is 1. The van der Waals surface area contributed by atoms with Gasteiger partial charge in [0, 0.05) is 18.7 Å². The molecule has 0 saturated heterocycles. The third-order valence-corrected chi connectivity index (χ3v) is 3.62. The maximum absolute atomic E-state index is 13.2. The van der Waals surface area contributed by atoms with Crippen molar-refractivity contribution in [2.45, 2.75) is 26.7 Å². The minimum absolute atomic E-state index is 0.0810. The first-order chi connectivity index (χ1) is 9.45. The zero-order chi connectivity index (χ0) is 14.7. The third-order valence-electron chi connectivity index (χ3n) is 3.62. The largest absolute Gasteiger partial charge is 0.379 e. The summed E-state index contributed by atoms with van der Waals surface area (Å²) < 4.78 is 13.2. The molecule has 0 aromatic heterocycles. The van der Waals surface area contributed by atoms with Crippen LogP contribution in [0.25, 0.3) is 0 Å². The normalized spacial score (nSPS) is 22.2. The van der Waals surface area contributed by atoms with Crippen molar-refractivity contribution in [3.63, 3.8) is 0 Å². The summed E-state index contributed by atoms with van der Waals surface area (Å²) in [6.07, 6.45) is 4.30.